The summed E-state index contributed by atoms with van der Waals surface area (Å²) in [4.78, 5) is 14.5. The van der Waals surface area contributed by atoms with E-state index in [9.17, 15) is 13.2 Å². The van der Waals surface area contributed by atoms with Crippen LogP contribution in [0, 0.1) is 0 Å². The molecular formula is C17H21NO3S2. The van der Waals surface area contributed by atoms with E-state index in [1.54, 1.807) is 12.1 Å². The van der Waals surface area contributed by atoms with Crippen LogP contribution in [-0.4, -0.2) is 20.6 Å². The zero-order valence-electron chi connectivity index (χ0n) is 13.5. The number of aryl methyl sites for hydroxylation is 2. The van der Waals surface area contributed by atoms with Crippen molar-refractivity contribution in [2.75, 3.05) is 11.6 Å². The molecule has 4 nitrogen and oxygen atoms in total. The van der Waals surface area contributed by atoms with Crippen molar-refractivity contribution in [1.82, 2.24) is 0 Å². The van der Waals surface area contributed by atoms with Crippen LogP contribution in [0.2, 0.25) is 0 Å². The lowest BCUT2D eigenvalue weighted by atomic mass is 10.1. The summed E-state index contributed by atoms with van der Waals surface area (Å²) in [6.45, 7) is 4.20. The number of carbonyl (C=O) groups is 1. The average molecular weight is 351 g/mol. The van der Waals surface area contributed by atoms with E-state index in [2.05, 4.69) is 19.2 Å². The standard InChI is InChI=1S/C17H21NO3S2/c1-4-7-15-12(5-2)10-16(22-15)17(19)18-13-8-6-9-14(11-13)23(3,20)21/h6,8-11H,4-5,7H2,1-3H3,(H,18,19). The minimum absolute atomic E-state index is 0.197. The predicted molar refractivity (Wildman–Crippen MR) is 95.2 cm³/mol. The number of rotatable bonds is 6. The lowest BCUT2D eigenvalue weighted by Crippen LogP contribution is -2.10. The Labute approximate surface area is 141 Å². The van der Waals surface area contributed by atoms with E-state index in [1.807, 2.05) is 6.07 Å². The highest BCUT2D eigenvalue weighted by molar-refractivity contribution is 7.90. The van der Waals surface area contributed by atoms with Crippen LogP contribution in [0.25, 0.3) is 0 Å². The molecule has 1 N–H and O–H groups in total. The summed E-state index contributed by atoms with van der Waals surface area (Å²) in [5.41, 5.74) is 1.70. The maximum Gasteiger partial charge on any atom is 0.265 e. The van der Waals surface area contributed by atoms with Gasteiger partial charge in [-0.25, -0.2) is 8.42 Å². The molecule has 0 bridgehead atoms. The number of nitrogens with one attached hydrogen (secondary N) is 1. The van der Waals surface area contributed by atoms with Gasteiger partial charge in [0.15, 0.2) is 9.84 Å². The Morgan fingerprint density at radius 2 is 1.96 bits per heavy atom. The van der Waals surface area contributed by atoms with Gasteiger partial charge in [-0.3, -0.25) is 4.79 Å². The molecule has 6 heteroatoms. The lowest BCUT2D eigenvalue weighted by molar-refractivity contribution is 0.103. The van der Waals surface area contributed by atoms with Gasteiger partial charge in [-0.15, -0.1) is 11.3 Å². The van der Waals surface area contributed by atoms with Crippen LogP contribution in [0.4, 0.5) is 5.69 Å². The fourth-order valence-corrected chi connectivity index (χ4v) is 4.23. The number of carbonyl (C=O) groups excluding carboxylic acids is 1. The van der Waals surface area contributed by atoms with Crippen LogP contribution < -0.4 is 5.32 Å². The molecule has 0 saturated heterocycles. The number of amides is 1. The third kappa shape index (κ3) is 4.42. The van der Waals surface area contributed by atoms with Crippen molar-refractivity contribution in [1.29, 1.82) is 0 Å². The van der Waals surface area contributed by atoms with E-state index in [1.165, 1.54) is 33.9 Å². The SMILES string of the molecule is CCCc1sc(C(=O)Nc2cccc(S(C)(=O)=O)c2)cc1CC. The molecule has 23 heavy (non-hydrogen) atoms. The minimum atomic E-state index is -3.29. The molecule has 1 aromatic heterocycles. The number of sulfone groups is 1. The number of hydrogen-bond donors (Lipinski definition) is 1. The van der Waals surface area contributed by atoms with E-state index in [0.29, 0.717) is 10.6 Å². The van der Waals surface area contributed by atoms with Gasteiger partial charge < -0.3 is 5.32 Å². The van der Waals surface area contributed by atoms with Gasteiger partial charge in [0.2, 0.25) is 0 Å². The first kappa shape index (κ1) is 17.7. The largest absolute Gasteiger partial charge is 0.321 e. The molecule has 0 fully saturated rings. The molecule has 1 amide bonds. The average Bonchev–Trinajstić information content (AvgIpc) is 2.90. The molecule has 0 aliphatic heterocycles. The van der Waals surface area contributed by atoms with Gasteiger partial charge >= 0.3 is 0 Å². The molecular weight excluding hydrogens is 330 g/mol. The third-order valence-electron chi connectivity index (χ3n) is 3.50. The molecule has 0 atom stereocenters. The van der Waals surface area contributed by atoms with Gasteiger partial charge in [0.05, 0.1) is 9.77 Å². The molecule has 124 valence electrons. The van der Waals surface area contributed by atoms with E-state index in [0.717, 1.165) is 25.5 Å². The zero-order valence-corrected chi connectivity index (χ0v) is 15.2. The van der Waals surface area contributed by atoms with Crippen molar-refractivity contribution in [2.45, 2.75) is 38.0 Å². The van der Waals surface area contributed by atoms with E-state index >= 15 is 0 Å². The highest BCUT2D eigenvalue weighted by Gasteiger charge is 2.14. The fraction of sp³-hybridized carbons (Fsp3) is 0.353. The fourth-order valence-electron chi connectivity index (χ4n) is 2.31. The van der Waals surface area contributed by atoms with E-state index in [-0.39, 0.29) is 10.8 Å². The van der Waals surface area contributed by atoms with Crippen LogP contribution in [0.5, 0.6) is 0 Å². The Hall–Kier alpha value is -1.66. The van der Waals surface area contributed by atoms with Gasteiger partial charge in [0, 0.05) is 16.8 Å². The summed E-state index contributed by atoms with van der Waals surface area (Å²) in [5, 5.41) is 2.78. The summed E-state index contributed by atoms with van der Waals surface area (Å²) in [6, 6.07) is 8.25. The van der Waals surface area contributed by atoms with Gasteiger partial charge in [-0.1, -0.05) is 26.3 Å². The van der Waals surface area contributed by atoms with Crippen molar-refractivity contribution in [3.63, 3.8) is 0 Å². The minimum Gasteiger partial charge on any atom is -0.321 e. The summed E-state index contributed by atoms with van der Waals surface area (Å²) in [7, 11) is -3.29. The Bertz CT molecular complexity index is 807. The second-order valence-electron chi connectivity index (χ2n) is 5.42. The first-order valence-corrected chi connectivity index (χ1v) is 10.3. The molecule has 2 rings (SSSR count). The molecule has 0 radical (unpaired) electrons. The van der Waals surface area contributed by atoms with Crippen LogP contribution in [0.1, 0.15) is 40.4 Å². The van der Waals surface area contributed by atoms with Crippen molar-refractivity contribution < 1.29 is 13.2 Å². The molecule has 2 aromatic rings. The third-order valence-corrected chi connectivity index (χ3v) is 5.84. The van der Waals surface area contributed by atoms with Crippen molar-refractivity contribution in [2.24, 2.45) is 0 Å². The summed E-state index contributed by atoms with van der Waals surface area (Å²) < 4.78 is 23.2. The summed E-state index contributed by atoms with van der Waals surface area (Å²) in [5.74, 6) is -0.197. The van der Waals surface area contributed by atoms with Gasteiger partial charge in [-0.2, -0.15) is 0 Å². The summed E-state index contributed by atoms with van der Waals surface area (Å²) >= 11 is 1.52. The Kier molecular flexibility index (Phi) is 5.59. The second-order valence-corrected chi connectivity index (χ2v) is 8.57. The maximum atomic E-state index is 12.4. The van der Waals surface area contributed by atoms with E-state index < -0.39 is 9.84 Å². The number of benzene rings is 1. The first-order chi connectivity index (χ1) is 10.8. The highest BCUT2D eigenvalue weighted by atomic mass is 32.2. The zero-order chi connectivity index (χ0) is 17.0. The van der Waals surface area contributed by atoms with Crippen LogP contribution >= 0.6 is 11.3 Å². The Balaban J connectivity index is 2.22. The normalized spacial score (nSPS) is 11.4. The number of thiophene rings is 1. The van der Waals surface area contributed by atoms with Crippen molar-refractivity contribution >= 4 is 32.8 Å². The van der Waals surface area contributed by atoms with Gasteiger partial charge in [0.1, 0.15) is 0 Å². The predicted octanol–water partition coefficient (Wildman–Crippen LogP) is 3.92. The van der Waals surface area contributed by atoms with Crippen molar-refractivity contribution in [3.8, 4) is 0 Å². The van der Waals surface area contributed by atoms with Crippen LogP contribution in [0.3, 0.4) is 0 Å². The van der Waals surface area contributed by atoms with Gasteiger partial charge in [-0.05, 0) is 42.7 Å². The maximum absolute atomic E-state index is 12.4. The highest BCUT2D eigenvalue weighted by Crippen LogP contribution is 2.26. The summed E-state index contributed by atoms with van der Waals surface area (Å²) in [6.07, 6.45) is 4.08. The number of hydrogen-bond acceptors (Lipinski definition) is 4. The van der Waals surface area contributed by atoms with Gasteiger partial charge in [0.25, 0.3) is 5.91 Å². The lowest BCUT2D eigenvalue weighted by Gasteiger charge is -2.05. The Morgan fingerprint density at radius 1 is 1.22 bits per heavy atom. The molecule has 0 saturated carbocycles. The van der Waals surface area contributed by atoms with Crippen LogP contribution in [-0.2, 0) is 22.7 Å². The van der Waals surface area contributed by atoms with E-state index in [4.69, 9.17) is 0 Å². The monoisotopic (exact) mass is 351 g/mol. The molecule has 1 aromatic carbocycles. The molecule has 0 spiro atoms. The second kappa shape index (κ2) is 7.27. The molecule has 0 aliphatic rings. The topological polar surface area (TPSA) is 63.2 Å². The Morgan fingerprint density at radius 3 is 2.57 bits per heavy atom. The quantitative estimate of drug-likeness (QED) is 0.858. The molecule has 0 unspecified atom stereocenters. The van der Waals surface area contributed by atoms with Crippen molar-refractivity contribution in [3.05, 3.63) is 45.6 Å². The number of anilines is 1. The van der Waals surface area contributed by atoms with Crippen LogP contribution in [0.15, 0.2) is 35.2 Å². The molecule has 0 aliphatic carbocycles. The first-order valence-electron chi connectivity index (χ1n) is 7.58. The smallest absolute Gasteiger partial charge is 0.265 e. The molecule has 1 heterocycles.